The quantitative estimate of drug-likeness (QED) is 0.826. The first-order valence-corrected chi connectivity index (χ1v) is 6.25. The van der Waals surface area contributed by atoms with Crippen LogP contribution in [0.1, 0.15) is 12.5 Å². The minimum atomic E-state index is -0.620. The van der Waals surface area contributed by atoms with Gasteiger partial charge in [0.1, 0.15) is 5.60 Å². The summed E-state index contributed by atoms with van der Waals surface area (Å²) in [6.07, 6.45) is 0. The highest BCUT2D eigenvalue weighted by molar-refractivity contribution is 5.93. The highest BCUT2D eigenvalue weighted by Gasteiger charge is 2.36. The molecule has 4 nitrogen and oxygen atoms in total. The molecule has 1 unspecified atom stereocenters. The summed E-state index contributed by atoms with van der Waals surface area (Å²) in [5, 5.41) is 2.78. The minimum absolute atomic E-state index is 0.299. The molecule has 1 aromatic rings. The van der Waals surface area contributed by atoms with E-state index in [-0.39, 0.29) is 5.91 Å². The van der Waals surface area contributed by atoms with Crippen molar-refractivity contribution in [2.75, 3.05) is 26.4 Å². The summed E-state index contributed by atoms with van der Waals surface area (Å²) in [4.78, 5) is 11.5. The van der Waals surface area contributed by atoms with Gasteiger partial charge in [0.05, 0.1) is 26.4 Å². The van der Waals surface area contributed by atoms with Crippen LogP contribution in [0.5, 0.6) is 0 Å². The Hall–Kier alpha value is -1.83. The Balaban J connectivity index is 2.15. The molecule has 0 saturated carbocycles. The van der Waals surface area contributed by atoms with Crippen LogP contribution < -0.4 is 5.32 Å². The van der Waals surface area contributed by atoms with Gasteiger partial charge in [0.25, 0.3) is 5.91 Å². The maximum atomic E-state index is 11.5. The zero-order chi connectivity index (χ0) is 13.6. The molecule has 0 aromatic heterocycles. The molecule has 19 heavy (non-hydrogen) atoms. The lowest BCUT2D eigenvalue weighted by Crippen LogP contribution is -2.49. The Morgan fingerprint density at radius 2 is 2.16 bits per heavy atom. The van der Waals surface area contributed by atoms with Crippen molar-refractivity contribution in [3.05, 3.63) is 35.9 Å². The van der Waals surface area contributed by atoms with Gasteiger partial charge in [0.15, 0.2) is 0 Å². The summed E-state index contributed by atoms with van der Waals surface area (Å²) in [5.41, 5.74) is 0.379. The molecule has 0 radical (unpaired) electrons. The smallest absolute Gasteiger partial charge is 0.295 e. The molecule has 0 spiro atoms. The first-order chi connectivity index (χ1) is 9.27. The molecule has 1 N–H and O–H groups in total. The van der Waals surface area contributed by atoms with Crippen LogP contribution in [-0.4, -0.2) is 32.3 Å². The van der Waals surface area contributed by atoms with E-state index in [1.54, 1.807) is 6.92 Å². The molecule has 0 bridgehead atoms. The van der Waals surface area contributed by atoms with Gasteiger partial charge in [-0.05, 0) is 18.4 Å². The Bertz CT molecular complexity index is 481. The number of carbonyl (C=O) groups excluding carboxylic acids is 1. The summed E-state index contributed by atoms with van der Waals surface area (Å²) >= 11 is 0. The monoisotopic (exact) mass is 259 g/mol. The molecule has 1 aliphatic heterocycles. The number of carbonyl (C=O) groups is 1. The van der Waals surface area contributed by atoms with Gasteiger partial charge in [-0.25, -0.2) is 0 Å². The van der Waals surface area contributed by atoms with Crippen LogP contribution in [0.4, 0.5) is 0 Å². The van der Waals surface area contributed by atoms with E-state index in [0.29, 0.717) is 26.4 Å². The molecule has 2 rings (SSSR count). The van der Waals surface area contributed by atoms with Crippen molar-refractivity contribution in [1.29, 1.82) is 0 Å². The number of hydrogen-bond acceptors (Lipinski definition) is 3. The molecule has 1 aliphatic rings. The minimum Gasteiger partial charge on any atom is -0.376 e. The van der Waals surface area contributed by atoms with Gasteiger partial charge in [-0.3, -0.25) is 4.79 Å². The number of hydrogen-bond donors (Lipinski definition) is 1. The number of amides is 1. The normalized spacial score (nSPS) is 22.2. The molecule has 4 heteroatoms. The van der Waals surface area contributed by atoms with E-state index >= 15 is 0 Å². The van der Waals surface area contributed by atoms with Crippen LogP contribution in [0.2, 0.25) is 0 Å². The van der Waals surface area contributed by atoms with Crippen LogP contribution in [0, 0.1) is 11.8 Å². The first kappa shape index (κ1) is 13.6. The third-order valence-corrected chi connectivity index (χ3v) is 3.01. The molecule has 1 amide bonds. The summed E-state index contributed by atoms with van der Waals surface area (Å²) < 4.78 is 11.4. The number of nitrogens with one attached hydrogen (secondary N) is 1. The van der Waals surface area contributed by atoms with Crippen molar-refractivity contribution in [2.45, 2.75) is 12.5 Å². The molecule has 0 aliphatic carbocycles. The molecule has 1 atom stereocenters. The highest BCUT2D eigenvalue weighted by Crippen LogP contribution is 2.28. The molecule has 100 valence electrons. The zero-order valence-corrected chi connectivity index (χ0v) is 10.9. The van der Waals surface area contributed by atoms with Crippen molar-refractivity contribution in [3.63, 3.8) is 0 Å². The molecule has 1 heterocycles. The lowest BCUT2D eigenvalue weighted by Gasteiger charge is -2.37. The van der Waals surface area contributed by atoms with E-state index in [1.807, 2.05) is 30.3 Å². The van der Waals surface area contributed by atoms with Crippen molar-refractivity contribution in [2.24, 2.45) is 0 Å². The fourth-order valence-corrected chi connectivity index (χ4v) is 2.07. The lowest BCUT2D eigenvalue weighted by molar-refractivity contribution is -0.162. The van der Waals surface area contributed by atoms with Crippen molar-refractivity contribution in [3.8, 4) is 11.8 Å². The van der Waals surface area contributed by atoms with Gasteiger partial charge in [0.2, 0.25) is 0 Å². The fraction of sp³-hybridized carbons (Fsp3) is 0.400. The van der Waals surface area contributed by atoms with Crippen LogP contribution in [0.3, 0.4) is 0 Å². The second kappa shape index (κ2) is 6.37. The van der Waals surface area contributed by atoms with Gasteiger partial charge in [0, 0.05) is 0 Å². The number of rotatable bonds is 3. The molecular weight excluding hydrogens is 242 g/mol. The maximum Gasteiger partial charge on any atom is 0.295 e. The van der Waals surface area contributed by atoms with Gasteiger partial charge >= 0.3 is 0 Å². The molecule has 1 saturated heterocycles. The maximum absolute atomic E-state index is 11.5. The average molecular weight is 259 g/mol. The van der Waals surface area contributed by atoms with Crippen LogP contribution >= 0.6 is 0 Å². The van der Waals surface area contributed by atoms with Gasteiger partial charge in [-0.1, -0.05) is 36.3 Å². The predicted octanol–water partition coefficient (Wildman–Crippen LogP) is 1.07. The topological polar surface area (TPSA) is 47.6 Å². The first-order valence-electron chi connectivity index (χ1n) is 6.25. The Morgan fingerprint density at radius 1 is 1.37 bits per heavy atom. The summed E-state index contributed by atoms with van der Waals surface area (Å²) in [6, 6.07) is 9.80. The van der Waals surface area contributed by atoms with Gasteiger partial charge < -0.3 is 14.8 Å². The van der Waals surface area contributed by atoms with E-state index in [4.69, 9.17) is 9.47 Å². The fourth-order valence-electron chi connectivity index (χ4n) is 2.07. The van der Waals surface area contributed by atoms with E-state index < -0.39 is 5.60 Å². The van der Waals surface area contributed by atoms with Gasteiger partial charge in [-0.2, -0.15) is 0 Å². The van der Waals surface area contributed by atoms with E-state index in [9.17, 15) is 4.79 Å². The summed E-state index contributed by atoms with van der Waals surface area (Å²) in [7, 11) is 0. The second-order valence-corrected chi connectivity index (χ2v) is 4.32. The summed E-state index contributed by atoms with van der Waals surface area (Å²) in [6.45, 7) is 3.51. The standard InChI is InChI=1S/C15H17NO3/c1-2-6-14(17)16-11-15(12-18-9-10-19-15)13-7-4-3-5-8-13/h3-5,7-8H,9-12H2,1H3,(H,16,17). The third kappa shape index (κ3) is 3.34. The lowest BCUT2D eigenvalue weighted by atomic mass is 9.93. The Morgan fingerprint density at radius 3 is 2.79 bits per heavy atom. The van der Waals surface area contributed by atoms with Crippen LogP contribution in [-0.2, 0) is 19.9 Å². The average Bonchev–Trinajstić information content (AvgIpc) is 2.47. The highest BCUT2D eigenvalue weighted by atomic mass is 16.6. The molecule has 1 fully saturated rings. The number of ether oxygens (including phenoxy) is 2. The van der Waals surface area contributed by atoms with Crippen molar-refractivity contribution < 1.29 is 14.3 Å². The molecular formula is C15H17NO3. The van der Waals surface area contributed by atoms with E-state index in [1.165, 1.54) is 0 Å². The van der Waals surface area contributed by atoms with Crippen molar-refractivity contribution in [1.82, 2.24) is 5.32 Å². The predicted molar refractivity (Wildman–Crippen MR) is 71.4 cm³/mol. The second-order valence-electron chi connectivity index (χ2n) is 4.32. The largest absolute Gasteiger partial charge is 0.376 e. The summed E-state index contributed by atoms with van der Waals surface area (Å²) in [5.74, 6) is 4.73. The SMILES string of the molecule is CC#CC(=O)NCC1(c2ccccc2)COCCO1. The molecule has 1 aromatic carbocycles. The zero-order valence-electron chi connectivity index (χ0n) is 10.9. The Labute approximate surface area is 113 Å². The van der Waals surface area contributed by atoms with Crippen LogP contribution in [0.25, 0.3) is 0 Å². The van der Waals surface area contributed by atoms with Gasteiger partial charge in [-0.15, -0.1) is 0 Å². The van der Waals surface area contributed by atoms with Crippen molar-refractivity contribution >= 4 is 5.91 Å². The van der Waals surface area contributed by atoms with E-state index in [2.05, 4.69) is 17.2 Å². The van der Waals surface area contributed by atoms with Crippen LogP contribution in [0.15, 0.2) is 30.3 Å². The third-order valence-electron chi connectivity index (χ3n) is 3.01. The Kier molecular flexibility index (Phi) is 4.56. The van der Waals surface area contributed by atoms with E-state index in [0.717, 1.165) is 5.56 Å². The number of benzene rings is 1.